The minimum Gasteiger partial charge on any atom is -0.342 e. The van der Waals surface area contributed by atoms with Crippen molar-refractivity contribution >= 4 is 16.7 Å². The Bertz CT molecular complexity index is 1020. The van der Waals surface area contributed by atoms with Crippen LogP contribution >= 0.6 is 0 Å². The number of carbonyl (C=O) groups excluding carboxylic acids is 1. The zero-order valence-corrected chi connectivity index (χ0v) is 16.9. The van der Waals surface area contributed by atoms with Crippen molar-refractivity contribution in [1.29, 1.82) is 0 Å². The first kappa shape index (κ1) is 18.3. The Morgan fingerprint density at radius 2 is 1.86 bits per heavy atom. The van der Waals surface area contributed by atoms with Crippen LogP contribution in [0.25, 0.3) is 10.8 Å². The molecule has 0 N–H and O–H groups in total. The number of likely N-dealkylation sites (tertiary alicyclic amines) is 1. The van der Waals surface area contributed by atoms with E-state index in [1.165, 1.54) is 30.0 Å². The number of rotatable bonds is 3. The van der Waals surface area contributed by atoms with Crippen molar-refractivity contribution in [2.45, 2.75) is 57.4 Å². The zero-order valence-electron chi connectivity index (χ0n) is 16.9. The summed E-state index contributed by atoms with van der Waals surface area (Å²) in [6.45, 7) is 2.65. The van der Waals surface area contributed by atoms with E-state index in [0.29, 0.717) is 12.3 Å². The lowest BCUT2D eigenvalue weighted by Gasteiger charge is -2.32. The highest BCUT2D eigenvalue weighted by Gasteiger charge is 2.29. The normalized spacial score (nSPS) is 19.7. The summed E-state index contributed by atoms with van der Waals surface area (Å²) in [6.07, 6.45) is 7.31. The number of hydrogen-bond acceptors (Lipinski definition) is 3. The largest absolute Gasteiger partial charge is 0.342 e. The molecule has 150 valence electrons. The summed E-state index contributed by atoms with van der Waals surface area (Å²) in [5.74, 6) is 2.77. The molecule has 2 aliphatic rings. The highest BCUT2D eigenvalue weighted by atomic mass is 16.2. The van der Waals surface area contributed by atoms with Crippen LogP contribution in [0.3, 0.4) is 0 Å². The second-order valence-corrected chi connectivity index (χ2v) is 8.47. The summed E-state index contributed by atoms with van der Waals surface area (Å²) >= 11 is 0. The number of carbonyl (C=O) groups is 1. The maximum absolute atomic E-state index is 13.0. The first-order chi connectivity index (χ1) is 14.3. The summed E-state index contributed by atoms with van der Waals surface area (Å²) in [7, 11) is 0. The van der Waals surface area contributed by atoms with Crippen molar-refractivity contribution in [3.8, 4) is 0 Å². The molecule has 5 nitrogen and oxygen atoms in total. The van der Waals surface area contributed by atoms with Gasteiger partial charge in [0.25, 0.3) is 0 Å². The standard InChI is InChI=1S/C24H28N4O/c29-23(16-18-11-12-19-7-3-4-8-20(19)15-18)27-13-6-9-21(17-27)24-26-25-22-10-2-1-5-14-28(22)24/h3-4,7-8,11-12,15,21H,1-2,5-6,9-10,13-14,16-17H2/t21-/m0/s1. The van der Waals surface area contributed by atoms with Gasteiger partial charge in [-0.3, -0.25) is 4.79 Å². The third kappa shape index (κ3) is 3.78. The van der Waals surface area contributed by atoms with E-state index < -0.39 is 0 Å². The van der Waals surface area contributed by atoms with E-state index in [4.69, 9.17) is 0 Å². The monoisotopic (exact) mass is 388 g/mol. The summed E-state index contributed by atoms with van der Waals surface area (Å²) in [6, 6.07) is 14.7. The molecule has 2 aliphatic heterocycles. The molecule has 29 heavy (non-hydrogen) atoms. The van der Waals surface area contributed by atoms with Crippen molar-refractivity contribution in [2.75, 3.05) is 13.1 Å². The molecule has 0 aliphatic carbocycles. The predicted octanol–water partition coefficient (Wildman–Crippen LogP) is 4.11. The summed E-state index contributed by atoms with van der Waals surface area (Å²) in [4.78, 5) is 15.1. The molecule has 5 rings (SSSR count). The molecule has 0 saturated carbocycles. The second-order valence-electron chi connectivity index (χ2n) is 8.47. The highest BCUT2D eigenvalue weighted by molar-refractivity contribution is 5.85. The molecular formula is C24H28N4O. The van der Waals surface area contributed by atoms with Crippen molar-refractivity contribution in [3.63, 3.8) is 0 Å². The maximum atomic E-state index is 13.0. The fourth-order valence-electron chi connectivity index (χ4n) is 4.86. The highest BCUT2D eigenvalue weighted by Crippen LogP contribution is 2.28. The van der Waals surface area contributed by atoms with Crippen LogP contribution < -0.4 is 0 Å². The van der Waals surface area contributed by atoms with Crippen molar-refractivity contribution < 1.29 is 4.79 Å². The summed E-state index contributed by atoms with van der Waals surface area (Å²) < 4.78 is 2.34. The van der Waals surface area contributed by atoms with Crippen LogP contribution in [0.2, 0.25) is 0 Å². The first-order valence-electron chi connectivity index (χ1n) is 11.0. The van der Waals surface area contributed by atoms with E-state index >= 15 is 0 Å². The molecule has 0 radical (unpaired) electrons. The Hall–Kier alpha value is -2.69. The van der Waals surface area contributed by atoms with Crippen LogP contribution in [0, 0.1) is 0 Å². The van der Waals surface area contributed by atoms with Gasteiger partial charge in [0, 0.05) is 32.0 Å². The van der Waals surface area contributed by atoms with Gasteiger partial charge in [-0.05, 0) is 42.0 Å². The molecule has 1 atom stereocenters. The number of aromatic nitrogens is 3. The molecule has 1 aromatic heterocycles. The molecule has 3 aromatic rings. The van der Waals surface area contributed by atoms with Crippen LogP contribution in [0.1, 0.15) is 55.2 Å². The molecule has 0 unspecified atom stereocenters. The molecule has 2 aromatic carbocycles. The maximum Gasteiger partial charge on any atom is 0.227 e. The number of hydrogen-bond donors (Lipinski definition) is 0. The lowest BCUT2D eigenvalue weighted by atomic mass is 9.96. The van der Waals surface area contributed by atoms with Gasteiger partial charge >= 0.3 is 0 Å². The molecular weight excluding hydrogens is 360 g/mol. The van der Waals surface area contributed by atoms with Gasteiger partial charge < -0.3 is 9.47 Å². The van der Waals surface area contributed by atoms with Crippen LogP contribution in [0.5, 0.6) is 0 Å². The number of fused-ring (bicyclic) bond motifs is 2. The number of benzene rings is 2. The number of piperidine rings is 1. The van der Waals surface area contributed by atoms with Crippen LogP contribution in [-0.2, 0) is 24.2 Å². The molecule has 1 saturated heterocycles. The fraction of sp³-hybridized carbons (Fsp3) is 0.458. The Balaban J connectivity index is 1.30. The van der Waals surface area contributed by atoms with Gasteiger partial charge in [-0.1, -0.05) is 48.9 Å². The molecule has 0 bridgehead atoms. The minimum atomic E-state index is 0.223. The van der Waals surface area contributed by atoms with Gasteiger partial charge in [-0.2, -0.15) is 0 Å². The van der Waals surface area contributed by atoms with Crippen molar-refractivity contribution in [3.05, 3.63) is 59.7 Å². The van der Waals surface area contributed by atoms with Crippen molar-refractivity contribution in [1.82, 2.24) is 19.7 Å². The van der Waals surface area contributed by atoms with Crippen LogP contribution in [0.4, 0.5) is 0 Å². The predicted molar refractivity (Wildman–Crippen MR) is 114 cm³/mol. The SMILES string of the molecule is O=C(Cc1ccc2ccccc2c1)N1CCC[C@H](c2nnc3n2CCCCC3)C1. The zero-order chi connectivity index (χ0) is 19.6. The molecule has 0 spiro atoms. The lowest BCUT2D eigenvalue weighted by Crippen LogP contribution is -2.40. The molecule has 3 heterocycles. The van der Waals surface area contributed by atoms with E-state index in [-0.39, 0.29) is 5.91 Å². The summed E-state index contributed by atoms with van der Waals surface area (Å²) in [5, 5.41) is 11.4. The van der Waals surface area contributed by atoms with Crippen molar-refractivity contribution in [2.24, 2.45) is 0 Å². The Labute approximate surface area is 171 Å². The Morgan fingerprint density at radius 3 is 2.79 bits per heavy atom. The van der Waals surface area contributed by atoms with Gasteiger partial charge in [0.2, 0.25) is 5.91 Å². The Morgan fingerprint density at radius 1 is 0.966 bits per heavy atom. The molecule has 5 heteroatoms. The smallest absolute Gasteiger partial charge is 0.227 e. The fourth-order valence-corrected chi connectivity index (χ4v) is 4.86. The quantitative estimate of drug-likeness (QED) is 0.679. The van der Waals surface area contributed by atoms with E-state index in [0.717, 1.165) is 56.1 Å². The number of nitrogens with zero attached hydrogens (tertiary/aromatic N) is 4. The first-order valence-corrected chi connectivity index (χ1v) is 11.0. The molecule has 1 amide bonds. The third-order valence-electron chi connectivity index (χ3n) is 6.45. The lowest BCUT2D eigenvalue weighted by molar-refractivity contribution is -0.131. The van der Waals surface area contributed by atoms with Gasteiger partial charge in [0.1, 0.15) is 11.6 Å². The molecule has 1 fully saturated rings. The van der Waals surface area contributed by atoms with E-state index in [2.05, 4.69) is 45.1 Å². The number of amides is 1. The van der Waals surface area contributed by atoms with E-state index in [1.54, 1.807) is 0 Å². The van der Waals surface area contributed by atoms with Gasteiger partial charge in [-0.25, -0.2) is 0 Å². The topological polar surface area (TPSA) is 51.0 Å². The van der Waals surface area contributed by atoms with Crippen LogP contribution in [0.15, 0.2) is 42.5 Å². The summed E-state index contributed by atoms with van der Waals surface area (Å²) in [5.41, 5.74) is 1.09. The number of aryl methyl sites for hydroxylation is 1. The second kappa shape index (κ2) is 7.97. The third-order valence-corrected chi connectivity index (χ3v) is 6.45. The van der Waals surface area contributed by atoms with Gasteiger partial charge in [0.15, 0.2) is 0 Å². The average Bonchev–Trinajstić information content (AvgIpc) is 3.02. The average molecular weight is 389 g/mol. The minimum absolute atomic E-state index is 0.223. The Kier molecular flexibility index (Phi) is 5.04. The van der Waals surface area contributed by atoms with Crippen LogP contribution in [-0.4, -0.2) is 38.7 Å². The van der Waals surface area contributed by atoms with Gasteiger partial charge in [-0.15, -0.1) is 10.2 Å². The van der Waals surface area contributed by atoms with Gasteiger partial charge in [0.05, 0.1) is 6.42 Å². The van der Waals surface area contributed by atoms with E-state index in [1.807, 2.05) is 17.0 Å². The van der Waals surface area contributed by atoms with E-state index in [9.17, 15) is 4.79 Å².